The summed E-state index contributed by atoms with van der Waals surface area (Å²) in [5.74, 6) is -0.0799. The molecule has 1 N–H and O–H groups in total. The largest absolute Gasteiger partial charge is 0.493 e. The third kappa shape index (κ3) is 6.71. The molecule has 0 radical (unpaired) electrons. The van der Waals surface area contributed by atoms with E-state index in [9.17, 15) is 22.4 Å². The Kier molecular flexibility index (Phi) is 8.33. The zero-order valence-electron chi connectivity index (χ0n) is 19.3. The fraction of sp³-hybridized carbons (Fsp3) is 0.480. The monoisotopic (exact) mass is 574 g/mol. The maximum absolute atomic E-state index is 14.6. The molecule has 1 amide bonds. The molecule has 0 spiro atoms. The summed E-state index contributed by atoms with van der Waals surface area (Å²) in [4.78, 5) is 14.2. The van der Waals surface area contributed by atoms with Crippen molar-refractivity contribution in [3.63, 3.8) is 0 Å². The summed E-state index contributed by atoms with van der Waals surface area (Å²) in [6, 6.07) is 7.20. The van der Waals surface area contributed by atoms with Crippen LogP contribution in [0.15, 0.2) is 34.8 Å². The van der Waals surface area contributed by atoms with E-state index in [4.69, 9.17) is 4.74 Å². The number of nitrogens with one attached hydrogen (secondary N) is 1. The van der Waals surface area contributed by atoms with Gasteiger partial charge in [-0.1, -0.05) is 33.9 Å². The van der Waals surface area contributed by atoms with Crippen molar-refractivity contribution in [2.45, 2.75) is 44.3 Å². The Morgan fingerprint density at radius 3 is 2.51 bits per heavy atom. The van der Waals surface area contributed by atoms with E-state index in [1.165, 1.54) is 12.1 Å². The van der Waals surface area contributed by atoms with E-state index < -0.39 is 23.5 Å². The topological polar surface area (TPSA) is 41.6 Å². The van der Waals surface area contributed by atoms with Gasteiger partial charge in [0.05, 0.1) is 17.7 Å². The van der Waals surface area contributed by atoms with Crippen molar-refractivity contribution < 1.29 is 27.1 Å². The molecule has 1 heterocycles. The first kappa shape index (κ1) is 26.3. The Morgan fingerprint density at radius 2 is 1.89 bits per heavy atom. The highest BCUT2D eigenvalue weighted by Gasteiger charge is 2.34. The van der Waals surface area contributed by atoms with Gasteiger partial charge in [0.15, 0.2) is 0 Å². The number of carbonyl (C=O) groups excluding carboxylic acids is 1. The standard InChI is InChI=1S/C25H27BrF4N2O2S/c1-35-31-24(33)20-11-19(16-2-3-16)23(12-22(20)27)34-14-15-6-8-32(9-7-15)13-17-4-5-18(26)10-21(17)25(28,29)30/h4-5,10-12,15-16H,2-3,6-9,13-14H2,1H3,(H,31,33). The lowest BCUT2D eigenvalue weighted by molar-refractivity contribution is -0.138. The van der Waals surface area contributed by atoms with Crippen molar-refractivity contribution in [1.29, 1.82) is 0 Å². The maximum Gasteiger partial charge on any atom is 0.416 e. The van der Waals surface area contributed by atoms with E-state index in [-0.39, 0.29) is 29.5 Å². The molecule has 0 aromatic heterocycles. The molecule has 2 aliphatic rings. The second-order valence-corrected chi connectivity index (χ2v) is 10.6. The summed E-state index contributed by atoms with van der Waals surface area (Å²) in [5, 5.41) is 0. The summed E-state index contributed by atoms with van der Waals surface area (Å²) in [6.07, 6.45) is 0.848. The molecule has 10 heteroatoms. The van der Waals surface area contributed by atoms with Crippen molar-refractivity contribution >= 4 is 33.8 Å². The molecule has 1 aliphatic heterocycles. The zero-order chi connectivity index (χ0) is 25.2. The number of hydrogen-bond acceptors (Lipinski definition) is 4. The summed E-state index contributed by atoms with van der Waals surface area (Å²) in [5.41, 5.74) is 0.547. The summed E-state index contributed by atoms with van der Waals surface area (Å²) >= 11 is 4.25. The van der Waals surface area contributed by atoms with E-state index in [0.29, 0.717) is 29.9 Å². The van der Waals surface area contributed by atoms with Crippen molar-refractivity contribution in [3.05, 3.63) is 62.9 Å². The van der Waals surface area contributed by atoms with Gasteiger partial charge in [-0.05, 0) is 79.9 Å². The second kappa shape index (κ2) is 11.1. The molecule has 4 nitrogen and oxygen atoms in total. The van der Waals surface area contributed by atoms with Crippen LogP contribution < -0.4 is 9.46 Å². The van der Waals surface area contributed by atoms with Crippen LogP contribution in [0.4, 0.5) is 17.6 Å². The van der Waals surface area contributed by atoms with Crippen molar-refractivity contribution in [2.75, 3.05) is 26.0 Å². The first-order valence-electron chi connectivity index (χ1n) is 11.5. The van der Waals surface area contributed by atoms with Crippen molar-refractivity contribution in [3.8, 4) is 5.75 Å². The van der Waals surface area contributed by atoms with E-state index in [1.54, 1.807) is 18.4 Å². The van der Waals surface area contributed by atoms with Crippen LogP contribution in [0.2, 0.25) is 0 Å². The predicted octanol–water partition coefficient (Wildman–Crippen LogP) is 6.78. The molecule has 190 valence electrons. The van der Waals surface area contributed by atoms with Gasteiger partial charge in [-0.15, -0.1) is 0 Å². The van der Waals surface area contributed by atoms with E-state index >= 15 is 0 Å². The lowest BCUT2D eigenvalue weighted by atomic mass is 9.96. The predicted molar refractivity (Wildman–Crippen MR) is 132 cm³/mol. The molecule has 1 saturated heterocycles. The average molecular weight is 575 g/mol. The molecule has 1 aliphatic carbocycles. The number of piperidine rings is 1. The highest BCUT2D eigenvalue weighted by molar-refractivity contribution is 9.10. The molecule has 4 rings (SSSR count). The molecule has 1 saturated carbocycles. The lowest BCUT2D eigenvalue weighted by Gasteiger charge is -2.32. The summed E-state index contributed by atoms with van der Waals surface area (Å²) in [6.45, 7) is 1.99. The minimum Gasteiger partial charge on any atom is -0.493 e. The molecule has 0 atom stereocenters. The first-order valence-corrected chi connectivity index (χ1v) is 13.5. The minimum atomic E-state index is -4.40. The highest BCUT2D eigenvalue weighted by Crippen LogP contribution is 2.45. The van der Waals surface area contributed by atoms with Crippen molar-refractivity contribution in [1.82, 2.24) is 9.62 Å². The third-order valence-electron chi connectivity index (χ3n) is 6.51. The van der Waals surface area contributed by atoms with E-state index in [2.05, 4.69) is 20.7 Å². The zero-order valence-corrected chi connectivity index (χ0v) is 21.7. The van der Waals surface area contributed by atoms with Gasteiger partial charge in [-0.3, -0.25) is 14.4 Å². The molecule has 2 aromatic carbocycles. The van der Waals surface area contributed by atoms with Gasteiger partial charge in [0.2, 0.25) is 0 Å². The normalized spacial score (nSPS) is 17.4. The molecule has 0 unspecified atom stereocenters. The Morgan fingerprint density at radius 1 is 1.17 bits per heavy atom. The van der Waals surface area contributed by atoms with Gasteiger partial charge in [-0.2, -0.15) is 13.2 Å². The van der Waals surface area contributed by atoms with Gasteiger partial charge < -0.3 is 4.74 Å². The minimum absolute atomic E-state index is 0.0214. The Balaban J connectivity index is 1.35. The number of carbonyl (C=O) groups is 1. The van der Waals surface area contributed by atoms with Gasteiger partial charge in [0.25, 0.3) is 5.91 Å². The number of benzene rings is 2. The molecule has 2 aromatic rings. The summed E-state index contributed by atoms with van der Waals surface area (Å²) in [7, 11) is 0. The van der Waals surface area contributed by atoms with Crippen LogP contribution in [0.5, 0.6) is 5.75 Å². The van der Waals surface area contributed by atoms with Crippen LogP contribution in [-0.4, -0.2) is 36.8 Å². The lowest BCUT2D eigenvalue weighted by Crippen LogP contribution is -2.35. The summed E-state index contributed by atoms with van der Waals surface area (Å²) < 4.78 is 63.9. The van der Waals surface area contributed by atoms with Crippen LogP contribution >= 0.6 is 27.9 Å². The molecular weight excluding hydrogens is 548 g/mol. The van der Waals surface area contributed by atoms with Crippen LogP contribution in [-0.2, 0) is 12.7 Å². The average Bonchev–Trinajstić information content (AvgIpc) is 3.64. The number of nitrogens with zero attached hydrogens (tertiary/aromatic N) is 1. The molecular formula is C25H27BrF4N2O2S. The van der Waals surface area contributed by atoms with Gasteiger partial charge in [-0.25, -0.2) is 4.39 Å². The first-order chi connectivity index (χ1) is 16.7. The number of hydrogen-bond donors (Lipinski definition) is 1. The van der Waals surface area contributed by atoms with E-state index in [0.717, 1.165) is 49.3 Å². The highest BCUT2D eigenvalue weighted by atomic mass is 79.9. The van der Waals surface area contributed by atoms with Crippen LogP contribution in [0.25, 0.3) is 0 Å². The molecule has 2 fully saturated rings. The maximum atomic E-state index is 14.6. The molecule has 0 bridgehead atoms. The van der Waals surface area contributed by atoms with Gasteiger partial charge in [0, 0.05) is 23.3 Å². The van der Waals surface area contributed by atoms with Crippen LogP contribution in [0.1, 0.15) is 58.6 Å². The number of halogens is 5. The van der Waals surface area contributed by atoms with E-state index in [1.807, 2.05) is 4.90 Å². The quantitative estimate of drug-likeness (QED) is 0.278. The Bertz CT molecular complexity index is 1070. The third-order valence-corrected chi connectivity index (χ3v) is 7.39. The Hall–Kier alpha value is -1.78. The number of rotatable bonds is 8. The number of likely N-dealkylation sites (tertiary alicyclic amines) is 1. The smallest absolute Gasteiger partial charge is 0.416 e. The SMILES string of the molecule is CSNC(=O)c1cc(C2CC2)c(OCC2CCN(Cc3ccc(Br)cc3C(F)(F)F)CC2)cc1F. The van der Waals surface area contributed by atoms with Gasteiger partial charge in [0.1, 0.15) is 11.6 Å². The number of ether oxygens (including phenoxy) is 1. The fourth-order valence-corrected chi connectivity index (χ4v) is 5.10. The Labute approximate surface area is 215 Å². The second-order valence-electron chi connectivity index (χ2n) is 9.11. The van der Waals surface area contributed by atoms with Gasteiger partial charge >= 0.3 is 6.18 Å². The number of alkyl halides is 3. The fourth-order valence-electron chi connectivity index (χ4n) is 4.44. The number of amides is 1. The van der Waals surface area contributed by atoms with Crippen LogP contribution in [0, 0.1) is 11.7 Å². The molecule has 35 heavy (non-hydrogen) atoms. The van der Waals surface area contributed by atoms with Crippen molar-refractivity contribution in [2.24, 2.45) is 5.92 Å². The van der Waals surface area contributed by atoms with Crippen LogP contribution in [0.3, 0.4) is 0 Å².